The zero-order valence-electron chi connectivity index (χ0n) is 13.2. The van der Waals surface area contributed by atoms with Gasteiger partial charge in [-0.05, 0) is 30.7 Å². The van der Waals surface area contributed by atoms with E-state index in [1.807, 2.05) is 24.3 Å². The number of carbonyl (C=O) groups excluding carboxylic acids is 2. The van der Waals surface area contributed by atoms with Crippen LogP contribution >= 0.6 is 0 Å². The second kappa shape index (κ2) is 7.47. The maximum absolute atomic E-state index is 11.9. The van der Waals surface area contributed by atoms with E-state index >= 15 is 0 Å². The van der Waals surface area contributed by atoms with Crippen LogP contribution in [0.1, 0.15) is 30.4 Å². The van der Waals surface area contributed by atoms with E-state index in [0.717, 1.165) is 18.4 Å². The summed E-state index contributed by atoms with van der Waals surface area (Å²) >= 11 is 0. The van der Waals surface area contributed by atoms with Gasteiger partial charge in [0, 0.05) is 24.1 Å². The summed E-state index contributed by atoms with van der Waals surface area (Å²) in [5, 5.41) is 9.89. The topological polar surface area (TPSA) is 105 Å². The normalized spacial score (nSPS) is 18.7. The van der Waals surface area contributed by atoms with Gasteiger partial charge in [-0.25, -0.2) is 4.79 Å². The standard InChI is InChI=1S/C18H19N3O3/c1-2-18(12-11-16(23)24-18)21-15(22)6-4-3-5-13-7-9-14(10-8-13)17(19)20/h1,7-12H,3-6H2,(H3,19,20)(H,21,22). The molecule has 6 heteroatoms. The first-order valence-corrected chi connectivity index (χ1v) is 7.58. The smallest absolute Gasteiger partial charge is 0.333 e. The predicted molar refractivity (Wildman–Crippen MR) is 90.0 cm³/mol. The highest BCUT2D eigenvalue weighted by atomic mass is 16.6. The van der Waals surface area contributed by atoms with Gasteiger partial charge >= 0.3 is 5.97 Å². The fourth-order valence-corrected chi connectivity index (χ4v) is 2.33. The van der Waals surface area contributed by atoms with E-state index in [1.165, 1.54) is 12.2 Å². The Morgan fingerprint density at radius 1 is 1.33 bits per heavy atom. The number of amidine groups is 1. The minimum atomic E-state index is -1.45. The Morgan fingerprint density at radius 3 is 2.58 bits per heavy atom. The van der Waals surface area contributed by atoms with Gasteiger partial charge in [0.2, 0.25) is 5.91 Å². The van der Waals surface area contributed by atoms with Crippen LogP contribution in [0.4, 0.5) is 0 Å². The van der Waals surface area contributed by atoms with Crippen molar-refractivity contribution in [1.29, 1.82) is 5.41 Å². The Hall–Kier alpha value is -3.07. The van der Waals surface area contributed by atoms with Crippen LogP contribution in [0.25, 0.3) is 0 Å². The third-order valence-corrected chi connectivity index (χ3v) is 3.64. The summed E-state index contributed by atoms with van der Waals surface area (Å²) in [6, 6.07) is 7.46. The molecule has 0 bridgehead atoms. The molecule has 1 aliphatic rings. The first-order valence-electron chi connectivity index (χ1n) is 7.58. The maximum atomic E-state index is 11.9. The van der Waals surface area contributed by atoms with Crippen LogP contribution in [0.2, 0.25) is 0 Å². The number of amides is 1. The molecule has 1 aliphatic heterocycles. The molecule has 1 amide bonds. The van der Waals surface area contributed by atoms with Crippen LogP contribution in [0.15, 0.2) is 36.4 Å². The molecule has 0 spiro atoms. The van der Waals surface area contributed by atoms with E-state index < -0.39 is 11.7 Å². The molecule has 1 aromatic carbocycles. The first-order chi connectivity index (χ1) is 11.4. The molecule has 1 atom stereocenters. The van der Waals surface area contributed by atoms with Crippen LogP contribution < -0.4 is 11.1 Å². The van der Waals surface area contributed by atoms with Gasteiger partial charge in [-0.1, -0.05) is 24.3 Å². The molecule has 1 unspecified atom stereocenters. The van der Waals surface area contributed by atoms with Gasteiger partial charge in [0.1, 0.15) is 5.84 Å². The maximum Gasteiger partial charge on any atom is 0.333 e. The number of rotatable bonds is 7. The molecule has 0 aromatic heterocycles. The largest absolute Gasteiger partial charge is 0.420 e. The van der Waals surface area contributed by atoms with Crippen LogP contribution in [0.3, 0.4) is 0 Å². The number of aryl methyl sites for hydroxylation is 1. The average Bonchev–Trinajstić information content (AvgIpc) is 2.93. The van der Waals surface area contributed by atoms with E-state index in [4.69, 9.17) is 22.3 Å². The zero-order chi connectivity index (χ0) is 17.6. The predicted octanol–water partition coefficient (Wildman–Crippen LogP) is 1.24. The van der Waals surface area contributed by atoms with Crippen LogP contribution in [0.5, 0.6) is 0 Å². The lowest BCUT2D eigenvalue weighted by Gasteiger charge is -2.21. The molecule has 0 saturated heterocycles. The molecule has 0 fully saturated rings. The van der Waals surface area contributed by atoms with Crippen molar-refractivity contribution in [2.45, 2.75) is 31.4 Å². The lowest BCUT2D eigenvalue weighted by Crippen LogP contribution is -2.46. The number of hydrogen-bond donors (Lipinski definition) is 3. The molecule has 0 aliphatic carbocycles. The number of terminal acetylenes is 1. The number of nitrogens with one attached hydrogen (secondary N) is 2. The second-order valence-corrected chi connectivity index (χ2v) is 5.50. The lowest BCUT2D eigenvalue weighted by atomic mass is 10.0. The van der Waals surface area contributed by atoms with Gasteiger partial charge in [-0.3, -0.25) is 10.2 Å². The number of ether oxygens (including phenoxy) is 1. The number of cyclic esters (lactones) is 1. The van der Waals surface area contributed by atoms with Gasteiger partial charge in [0.15, 0.2) is 0 Å². The van der Waals surface area contributed by atoms with Crippen LogP contribution in [0, 0.1) is 17.8 Å². The van der Waals surface area contributed by atoms with Crippen LogP contribution in [-0.4, -0.2) is 23.4 Å². The minimum Gasteiger partial charge on any atom is -0.420 e. The van der Waals surface area contributed by atoms with E-state index in [1.54, 1.807) is 0 Å². The van der Waals surface area contributed by atoms with Gasteiger partial charge in [-0.15, -0.1) is 6.42 Å². The van der Waals surface area contributed by atoms with Crippen molar-refractivity contribution in [2.75, 3.05) is 0 Å². The Bertz CT molecular complexity index is 716. The van der Waals surface area contributed by atoms with E-state index in [-0.39, 0.29) is 11.7 Å². The average molecular weight is 325 g/mol. The third kappa shape index (κ3) is 4.46. The Morgan fingerprint density at radius 2 is 2.04 bits per heavy atom. The van der Waals surface area contributed by atoms with Gasteiger partial charge in [-0.2, -0.15) is 0 Å². The minimum absolute atomic E-state index is 0.0438. The lowest BCUT2D eigenvalue weighted by molar-refractivity contribution is -0.145. The van der Waals surface area contributed by atoms with Crippen molar-refractivity contribution in [3.05, 3.63) is 47.5 Å². The summed E-state index contributed by atoms with van der Waals surface area (Å²) in [4.78, 5) is 23.0. The highest BCUT2D eigenvalue weighted by Gasteiger charge is 2.35. The summed E-state index contributed by atoms with van der Waals surface area (Å²) in [5.41, 5.74) is 5.77. The molecular weight excluding hydrogens is 306 g/mol. The van der Waals surface area contributed by atoms with Crippen molar-refractivity contribution < 1.29 is 14.3 Å². The van der Waals surface area contributed by atoms with Crippen molar-refractivity contribution in [1.82, 2.24) is 5.32 Å². The number of hydrogen-bond acceptors (Lipinski definition) is 4. The highest BCUT2D eigenvalue weighted by Crippen LogP contribution is 2.16. The Kier molecular flexibility index (Phi) is 5.38. The SMILES string of the molecule is C#CC1(NC(=O)CCCCc2ccc(C(=N)N)cc2)C=CC(=O)O1. The Labute approximate surface area is 140 Å². The zero-order valence-corrected chi connectivity index (χ0v) is 13.2. The summed E-state index contributed by atoms with van der Waals surface area (Å²) in [5.74, 6) is 1.49. The monoisotopic (exact) mass is 325 g/mol. The summed E-state index contributed by atoms with van der Waals surface area (Å²) in [6.07, 6.45) is 10.5. The number of nitrogen functional groups attached to an aromatic ring is 1. The summed E-state index contributed by atoms with van der Waals surface area (Å²) < 4.78 is 4.93. The molecular formula is C18H19N3O3. The van der Waals surface area contributed by atoms with Crippen LogP contribution in [-0.2, 0) is 20.7 Å². The van der Waals surface area contributed by atoms with Crippen molar-refractivity contribution in [3.63, 3.8) is 0 Å². The molecule has 0 saturated carbocycles. The molecule has 6 nitrogen and oxygen atoms in total. The Balaban J connectivity index is 1.73. The molecule has 2 rings (SSSR count). The highest BCUT2D eigenvalue weighted by molar-refractivity contribution is 5.94. The van der Waals surface area contributed by atoms with Crippen molar-refractivity contribution >= 4 is 17.7 Å². The molecule has 124 valence electrons. The molecule has 0 radical (unpaired) electrons. The number of unbranched alkanes of at least 4 members (excludes halogenated alkanes) is 1. The van der Waals surface area contributed by atoms with Gasteiger partial charge < -0.3 is 15.8 Å². The van der Waals surface area contributed by atoms with E-state index in [2.05, 4.69) is 11.2 Å². The molecule has 1 aromatic rings. The first kappa shape index (κ1) is 17.3. The third-order valence-electron chi connectivity index (χ3n) is 3.64. The molecule has 1 heterocycles. The summed E-state index contributed by atoms with van der Waals surface area (Å²) in [6.45, 7) is 0. The fourth-order valence-electron chi connectivity index (χ4n) is 2.33. The molecule has 24 heavy (non-hydrogen) atoms. The van der Waals surface area contributed by atoms with Crippen molar-refractivity contribution in [3.8, 4) is 12.3 Å². The van der Waals surface area contributed by atoms with Crippen molar-refractivity contribution in [2.24, 2.45) is 5.73 Å². The quantitative estimate of drug-likeness (QED) is 0.231. The number of nitrogens with two attached hydrogens (primary N) is 1. The van der Waals surface area contributed by atoms with E-state index in [0.29, 0.717) is 18.4 Å². The second-order valence-electron chi connectivity index (χ2n) is 5.50. The summed E-state index contributed by atoms with van der Waals surface area (Å²) in [7, 11) is 0. The van der Waals surface area contributed by atoms with Gasteiger partial charge in [0.25, 0.3) is 5.72 Å². The fraction of sp³-hybridized carbons (Fsp3) is 0.278. The van der Waals surface area contributed by atoms with E-state index in [9.17, 15) is 9.59 Å². The number of benzene rings is 1. The molecule has 4 N–H and O–H groups in total. The van der Waals surface area contributed by atoms with Gasteiger partial charge in [0.05, 0.1) is 0 Å². The number of carbonyl (C=O) groups is 2. The number of esters is 1.